The average molecular weight is 248 g/mol. The zero-order valence-corrected chi connectivity index (χ0v) is 10.5. The Morgan fingerprint density at radius 3 is 2.06 bits per heavy atom. The van der Waals surface area contributed by atoms with E-state index in [0.717, 1.165) is 19.3 Å². The van der Waals surface area contributed by atoms with E-state index in [0.29, 0.717) is 6.42 Å². The third-order valence-corrected chi connectivity index (χ3v) is 2.77. The zero-order valence-electron chi connectivity index (χ0n) is 10.5. The van der Waals surface area contributed by atoms with Crippen LogP contribution in [0.15, 0.2) is 0 Å². The van der Waals surface area contributed by atoms with Gasteiger partial charge in [-0.3, -0.25) is 4.79 Å². The van der Waals surface area contributed by atoms with Gasteiger partial charge in [0.05, 0.1) is 6.10 Å². The maximum atomic E-state index is 11.5. The molecule has 0 heterocycles. The second kappa shape index (κ2) is 8.58. The van der Waals surface area contributed by atoms with E-state index in [1.807, 2.05) is 0 Å². The van der Waals surface area contributed by atoms with Gasteiger partial charge in [-0.05, 0) is 13.3 Å². The maximum Gasteiger partial charge on any atom is 0.164 e. The highest BCUT2D eigenvalue weighted by atomic mass is 16.4. The molecule has 0 spiro atoms. The van der Waals surface area contributed by atoms with Gasteiger partial charge in [0.1, 0.15) is 18.3 Å². The van der Waals surface area contributed by atoms with Crippen LogP contribution in [0.1, 0.15) is 46.0 Å². The van der Waals surface area contributed by atoms with E-state index in [1.54, 1.807) is 0 Å². The monoisotopic (exact) mass is 248 g/mol. The molecule has 0 radical (unpaired) electrons. The van der Waals surface area contributed by atoms with E-state index in [4.69, 9.17) is 5.11 Å². The molecule has 0 unspecified atom stereocenters. The molecule has 0 aliphatic carbocycles. The van der Waals surface area contributed by atoms with E-state index in [2.05, 4.69) is 6.92 Å². The first-order valence-electron chi connectivity index (χ1n) is 6.16. The summed E-state index contributed by atoms with van der Waals surface area (Å²) < 4.78 is 0. The summed E-state index contributed by atoms with van der Waals surface area (Å²) >= 11 is 0. The summed E-state index contributed by atoms with van der Waals surface area (Å²) in [5.74, 6) is -0.492. The number of Topliss-reactive ketones (excluding diaryl/α,β-unsaturated/α-hetero) is 1. The Morgan fingerprint density at radius 2 is 1.59 bits per heavy atom. The molecule has 0 saturated heterocycles. The molecule has 5 nitrogen and oxygen atoms in total. The number of aliphatic hydroxyl groups is 4. The first-order valence-corrected chi connectivity index (χ1v) is 6.16. The molecule has 0 fully saturated rings. The van der Waals surface area contributed by atoms with Gasteiger partial charge in [-0.2, -0.15) is 0 Å². The van der Waals surface area contributed by atoms with Crippen molar-refractivity contribution in [3.05, 3.63) is 0 Å². The summed E-state index contributed by atoms with van der Waals surface area (Å²) in [6.07, 6.45) is -2.11. The van der Waals surface area contributed by atoms with Gasteiger partial charge in [0.2, 0.25) is 0 Å². The van der Waals surface area contributed by atoms with E-state index >= 15 is 0 Å². The lowest BCUT2D eigenvalue weighted by molar-refractivity contribution is -0.143. The van der Waals surface area contributed by atoms with Crippen LogP contribution in [-0.2, 0) is 4.79 Å². The lowest BCUT2D eigenvalue weighted by Crippen LogP contribution is -2.46. The van der Waals surface area contributed by atoms with Crippen molar-refractivity contribution in [3.8, 4) is 0 Å². The minimum Gasteiger partial charge on any atom is -0.391 e. The first kappa shape index (κ1) is 16.5. The Morgan fingerprint density at radius 1 is 1.00 bits per heavy atom. The molecule has 102 valence electrons. The summed E-state index contributed by atoms with van der Waals surface area (Å²) in [5.41, 5.74) is 0. The standard InChI is InChI=1S/C12H24O5/c1-3-4-5-6-7-9(14)11(16)12(17)10(15)8(2)13/h8,10-13,15-17H,3-7H2,1-2H3/t8-,10-,11-,12+/m0/s1. The SMILES string of the molecule is CCCCCCC(=O)[C@H](O)[C@H](O)[C@@H](O)[C@H](C)O. The minimum absolute atomic E-state index is 0.185. The topological polar surface area (TPSA) is 98.0 Å². The molecule has 4 atom stereocenters. The van der Waals surface area contributed by atoms with Crippen LogP contribution in [0.3, 0.4) is 0 Å². The molecule has 0 aromatic heterocycles. The molecule has 0 rings (SSSR count). The van der Waals surface area contributed by atoms with Crippen molar-refractivity contribution in [2.24, 2.45) is 0 Å². The van der Waals surface area contributed by atoms with Crippen molar-refractivity contribution in [2.45, 2.75) is 70.4 Å². The summed E-state index contributed by atoms with van der Waals surface area (Å²) in [7, 11) is 0. The van der Waals surface area contributed by atoms with Gasteiger partial charge in [0.15, 0.2) is 5.78 Å². The average Bonchev–Trinajstić information content (AvgIpc) is 2.31. The van der Waals surface area contributed by atoms with E-state index < -0.39 is 30.2 Å². The van der Waals surface area contributed by atoms with E-state index in [9.17, 15) is 20.1 Å². The van der Waals surface area contributed by atoms with Crippen molar-refractivity contribution < 1.29 is 25.2 Å². The molecular weight excluding hydrogens is 224 g/mol. The highest BCUT2D eigenvalue weighted by Crippen LogP contribution is 2.10. The van der Waals surface area contributed by atoms with Crippen LogP contribution >= 0.6 is 0 Å². The Labute approximate surface area is 102 Å². The van der Waals surface area contributed by atoms with Crippen LogP contribution in [0.5, 0.6) is 0 Å². The largest absolute Gasteiger partial charge is 0.391 e. The molecule has 0 aromatic rings. The smallest absolute Gasteiger partial charge is 0.164 e. The fourth-order valence-corrected chi connectivity index (χ4v) is 1.54. The highest BCUT2D eigenvalue weighted by Gasteiger charge is 2.31. The second-order valence-electron chi connectivity index (χ2n) is 4.44. The van der Waals surface area contributed by atoms with Crippen LogP contribution in [0.4, 0.5) is 0 Å². The summed E-state index contributed by atoms with van der Waals surface area (Å²) in [5, 5.41) is 37.3. The lowest BCUT2D eigenvalue weighted by atomic mass is 9.98. The lowest BCUT2D eigenvalue weighted by Gasteiger charge is -2.23. The van der Waals surface area contributed by atoms with E-state index in [-0.39, 0.29) is 6.42 Å². The molecule has 0 bridgehead atoms. The van der Waals surface area contributed by atoms with Crippen molar-refractivity contribution in [2.75, 3.05) is 0 Å². The number of aliphatic hydroxyl groups excluding tert-OH is 4. The van der Waals surface area contributed by atoms with E-state index in [1.165, 1.54) is 6.92 Å². The fraction of sp³-hybridized carbons (Fsp3) is 0.917. The summed E-state index contributed by atoms with van der Waals surface area (Å²) in [4.78, 5) is 11.5. The number of hydrogen-bond acceptors (Lipinski definition) is 5. The molecular formula is C12H24O5. The van der Waals surface area contributed by atoms with Gasteiger partial charge in [-0.1, -0.05) is 26.2 Å². The second-order valence-corrected chi connectivity index (χ2v) is 4.44. The van der Waals surface area contributed by atoms with Crippen LogP contribution in [-0.4, -0.2) is 50.6 Å². The quantitative estimate of drug-likeness (QED) is 0.430. The van der Waals surface area contributed by atoms with Crippen LogP contribution in [0.2, 0.25) is 0 Å². The van der Waals surface area contributed by atoms with Gasteiger partial charge < -0.3 is 20.4 Å². The number of carbonyl (C=O) groups is 1. The Balaban J connectivity index is 4.02. The highest BCUT2D eigenvalue weighted by molar-refractivity contribution is 5.83. The third kappa shape index (κ3) is 6.12. The number of ketones is 1. The van der Waals surface area contributed by atoms with Crippen LogP contribution in [0.25, 0.3) is 0 Å². The predicted octanol–water partition coefficient (Wildman–Crippen LogP) is -0.0106. The Bertz CT molecular complexity index is 217. The molecule has 0 amide bonds. The molecule has 17 heavy (non-hydrogen) atoms. The Hall–Kier alpha value is -0.490. The number of carbonyl (C=O) groups excluding carboxylic acids is 1. The molecule has 4 N–H and O–H groups in total. The number of unbranched alkanes of at least 4 members (excludes halogenated alkanes) is 3. The van der Waals surface area contributed by atoms with Crippen LogP contribution in [0, 0.1) is 0 Å². The van der Waals surface area contributed by atoms with Gasteiger partial charge >= 0.3 is 0 Å². The number of rotatable bonds is 9. The minimum atomic E-state index is -1.63. The van der Waals surface area contributed by atoms with Crippen molar-refractivity contribution in [3.63, 3.8) is 0 Å². The summed E-state index contributed by atoms with van der Waals surface area (Å²) in [6.45, 7) is 3.34. The van der Waals surface area contributed by atoms with Crippen molar-refractivity contribution in [1.29, 1.82) is 0 Å². The van der Waals surface area contributed by atoms with Crippen LogP contribution < -0.4 is 0 Å². The molecule has 0 aliphatic heterocycles. The normalized spacial score (nSPS) is 18.5. The van der Waals surface area contributed by atoms with Crippen molar-refractivity contribution in [1.82, 2.24) is 0 Å². The summed E-state index contributed by atoms with van der Waals surface area (Å²) in [6, 6.07) is 0. The van der Waals surface area contributed by atoms with Gasteiger partial charge in [-0.25, -0.2) is 0 Å². The zero-order chi connectivity index (χ0) is 13.4. The number of hydrogen-bond donors (Lipinski definition) is 4. The Kier molecular flexibility index (Phi) is 8.33. The third-order valence-electron chi connectivity index (χ3n) is 2.77. The predicted molar refractivity (Wildman–Crippen MR) is 63.5 cm³/mol. The molecule has 0 aliphatic rings. The van der Waals surface area contributed by atoms with Gasteiger partial charge in [0.25, 0.3) is 0 Å². The van der Waals surface area contributed by atoms with Gasteiger partial charge in [-0.15, -0.1) is 0 Å². The first-order chi connectivity index (χ1) is 7.91. The van der Waals surface area contributed by atoms with Gasteiger partial charge in [0, 0.05) is 6.42 Å². The molecule has 0 aromatic carbocycles. The maximum absolute atomic E-state index is 11.5. The fourth-order valence-electron chi connectivity index (χ4n) is 1.54. The van der Waals surface area contributed by atoms with Crippen molar-refractivity contribution >= 4 is 5.78 Å². The molecule has 0 saturated carbocycles. The molecule has 5 heteroatoms.